The van der Waals surface area contributed by atoms with E-state index in [1.165, 1.54) is 25.7 Å². The van der Waals surface area contributed by atoms with Gasteiger partial charge < -0.3 is 39.0 Å². The first-order chi connectivity index (χ1) is 37.6. The van der Waals surface area contributed by atoms with E-state index in [1.807, 2.05) is 30.4 Å². The maximum atomic E-state index is 13.1. The van der Waals surface area contributed by atoms with Gasteiger partial charge in [-0.05, 0) is 109 Å². The van der Waals surface area contributed by atoms with Crippen molar-refractivity contribution < 1.29 is 58.2 Å². The molecule has 1 rings (SSSR count). The zero-order chi connectivity index (χ0) is 56.1. The molecule has 0 aromatic heterocycles. The zero-order valence-corrected chi connectivity index (χ0v) is 47.1. The first kappa shape index (κ1) is 69.6. The number of aliphatic hydroxyl groups is 2. The maximum Gasteiger partial charge on any atom is 0.335 e. The first-order valence-electron chi connectivity index (χ1n) is 28.8. The number of aliphatic carboxylic acids is 1. The summed E-state index contributed by atoms with van der Waals surface area (Å²) in [5.74, 6) is -3.43. The molecule has 0 aromatic carbocycles. The van der Waals surface area contributed by atoms with Crippen molar-refractivity contribution in [1.82, 2.24) is 0 Å². The minimum absolute atomic E-state index is 0.0313. The van der Waals surface area contributed by atoms with Crippen LogP contribution in [0.4, 0.5) is 0 Å². The van der Waals surface area contributed by atoms with Gasteiger partial charge in [0.2, 0.25) is 0 Å². The maximum absolute atomic E-state index is 13.1. The molecule has 0 bridgehead atoms. The fourth-order valence-electron chi connectivity index (χ4n) is 7.58. The molecule has 0 radical (unpaired) electrons. The van der Waals surface area contributed by atoms with Crippen molar-refractivity contribution in [3.05, 3.63) is 146 Å². The molecule has 1 aliphatic heterocycles. The lowest BCUT2D eigenvalue weighted by atomic mass is 9.98. The van der Waals surface area contributed by atoms with Gasteiger partial charge in [-0.3, -0.25) is 14.4 Å². The normalized spacial score (nSPS) is 19.1. The highest BCUT2D eigenvalue weighted by Gasteiger charge is 2.50. The van der Waals surface area contributed by atoms with Gasteiger partial charge in [0.1, 0.15) is 18.8 Å². The summed E-state index contributed by atoms with van der Waals surface area (Å²) in [7, 11) is 0. The van der Waals surface area contributed by atoms with Crippen molar-refractivity contribution in [1.29, 1.82) is 0 Å². The molecule has 0 spiro atoms. The number of carbonyl (C=O) groups excluding carboxylic acids is 3. The molecule has 0 amide bonds. The molecule has 3 N–H and O–H groups in total. The highest BCUT2D eigenvalue weighted by molar-refractivity contribution is 5.74. The number of carbonyl (C=O) groups is 4. The van der Waals surface area contributed by atoms with Crippen molar-refractivity contribution in [3.63, 3.8) is 0 Å². The molecular formula is C65H98O12. The van der Waals surface area contributed by atoms with Crippen LogP contribution < -0.4 is 0 Å². The fourth-order valence-corrected chi connectivity index (χ4v) is 7.58. The van der Waals surface area contributed by atoms with E-state index in [2.05, 4.69) is 130 Å². The predicted octanol–water partition coefficient (Wildman–Crippen LogP) is 14.8. The number of carboxylic acid groups (broad SMARTS) is 1. The third-order valence-electron chi connectivity index (χ3n) is 11.9. The van der Waals surface area contributed by atoms with E-state index in [1.54, 1.807) is 6.08 Å². The van der Waals surface area contributed by atoms with Crippen molar-refractivity contribution in [2.75, 3.05) is 13.2 Å². The Morgan fingerprint density at radius 3 is 1.36 bits per heavy atom. The largest absolute Gasteiger partial charge is 0.479 e. The quantitative estimate of drug-likeness (QED) is 0.0228. The van der Waals surface area contributed by atoms with E-state index in [0.717, 1.165) is 96.3 Å². The van der Waals surface area contributed by atoms with Crippen LogP contribution in [0.1, 0.15) is 188 Å². The van der Waals surface area contributed by atoms with Gasteiger partial charge in [0.05, 0.1) is 13.0 Å². The van der Waals surface area contributed by atoms with Gasteiger partial charge in [-0.2, -0.15) is 0 Å². The second-order valence-electron chi connectivity index (χ2n) is 18.8. The van der Waals surface area contributed by atoms with Crippen molar-refractivity contribution in [2.24, 2.45) is 0 Å². The summed E-state index contributed by atoms with van der Waals surface area (Å²) >= 11 is 0. The molecule has 77 heavy (non-hydrogen) atoms. The second-order valence-corrected chi connectivity index (χ2v) is 18.8. The van der Waals surface area contributed by atoms with E-state index in [-0.39, 0.29) is 19.3 Å². The van der Waals surface area contributed by atoms with E-state index >= 15 is 0 Å². The van der Waals surface area contributed by atoms with Crippen LogP contribution in [0.25, 0.3) is 0 Å². The molecule has 0 aliphatic carbocycles. The van der Waals surface area contributed by atoms with Crippen LogP contribution in [-0.4, -0.2) is 89.2 Å². The number of unbranched alkanes of at least 4 members (excludes halogenated alkanes) is 9. The van der Waals surface area contributed by atoms with Gasteiger partial charge >= 0.3 is 23.9 Å². The number of carboxylic acids is 1. The van der Waals surface area contributed by atoms with Crippen molar-refractivity contribution in [2.45, 2.75) is 225 Å². The van der Waals surface area contributed by atoms with Gasteiger partial charge in [-0.15, -0.1) is 0 Å². The standard InChI is InChI=1S/C65H98O12/c1-4-7-10-13-16-19-22-25-27-28-29-30-32-35-38-41-44-47-50-53-59(68)76-63-61(70)60(69)62(64(71)72)77-65(63)74-55-56(75-58(67)52-49-46-43-40-37-33-24-21-18-15-12-9-6-3)54-73-57(66)51-48-45-42-39-36-34-31-26-23-20-17-14-11-8-5-2/h7-8,10-11,16-17,19-21,24-27,29-31,35-36,38-39,44-45,47-48,56,60-63,65,69-70H,4-6,9,12-15,18,22-23,28,32-34,37,40-43,46,49-55H2,1-3H3,(H,71,72)/b10-7-,11-8-,19-16-,20-17-,24-21-,27-25-,30-29-,31-26-,38-35-,39-36-,47-44-,48-45-. The Morgan fingerprint density at radius 2 is 0.883 bits per heavy atom. The summed E-state index contributed by atoms with van der Waals surface area (Å²) in [6, 6.07) is 0. The summed E-state index contributed by atoms with van der Waals surface area (Å²) in [6.07, 6.45) is 61.4. The van der Waals surface area contributed by atoms with Crippen LogP contribution in [0, 0.1) is 0 Å². The van der Waals surface area contributed by atoms with E-state index in [0.29, 0.717) is 25.7 Å². The number of aliphatic hydroxyl groups excluding tert-OH is 2. The van der Waals surface area contributed by atoms with Gasteiger partial charge in [0.15, 0.2) is 24.6 Å². The third-order valence-corrected chi connectivity index (χ3v) is 11.9. The average Bonchev–Trinajstić information content (AvgIpc) is 3.42. The number of esters is 3. The molecule has 12 nitrogen and oxygen atoms in total. The Hall–Kier alpha value is -5.40. The molecule has 1 fully saturated rings. The van der Waals surface area contributed by atoms with Crippen LogP contribution in [-0.2, 0) is 42.9 Å². The van der Waals surface area contributed by atoms with E-state index in [4.69, 9.17) is 23.7 Å². The summed E-state index contributed by atoms with van der Waals surface area (Å²) in [5.41, 5.74) is 0. The number of hydrogen-bond acceptors (Lipinski definition) is 11. The Bertz CT molecular complexity index is 1890. The fraction of sp³-hybridized carbons (Fsp3) is 0.569. The molecule has 0 aromatic rings. The molecule has 12 heteroatoms. The predicted molar refractivity (Wildman–Crippen MR) is 312 cm³/mol. The number of rotatable bonds is 46. The topological polar surface area (TPSA) is 175 Å². The summed E-state index contributed by atoms with van der Waals surface area (Å²) in [4.78, 5) is 51.0. The Balaban J connectivity index is 2.80. The second kappa shape index (κ2) is 51.4. The lowest BCUT2D eigenvalue weighted by Gasteiger charge is -2.40. The van der Waals surface area contributed by atoms with Gasteiger partial charge in [-0.1, -0.05) is 205 Å². The molecule has 1 aliphatic rings. The number of hydrogen-bond donors (Lipinski definition) is 3. The highest BCUT2D eigenvalue weighted by Crippen LogP contribution is 2.26. The number of allylic oxidation sites excluding steroid dienone is 23. The van der Waals surface area contributed by atoms with Gasteiger partial charge in [-0.25, -0.2) is 4.79 Å². The first-order valence-corrected chi connectivity index (χ1v) is 28.8. The SMILES string of the molecule is CC/C=C\C/C=C\C/C=C\C/C=C\C/C=C\C/C=C\CCC(=O)OC1C(OCC(COC(=O)C/C=C\C/C=C\C/C=C\C/C=C\C/C=C\CC)OC(=O)CCCCCCC/C=C\CCCCCC)OC(C(=O)O)C(O)C1O. The molecule has 1 saturated heterocycles. The zero-order valence-electron chi connectivity index (χ0n) is 47.1. The Morgan fingerprint density at radius 1 is 0.455 bits per heavy atom. The van der Waals surface area contributed by atoms with Crippen molar-refractivity contribution >= 4 is 23.9 Å². The monoisotopic (exact) mass is 1070 g/mol. The number of ether oxygens (including phenoxy) is 5. The minimum Gasteiger partial charge on any atom is -0.479 e. The smallest absolute Gasteiger partial charge is 0.335 e. The van der Waals surface area contributed by atoms with Crippen LogP contribution in [0.2, 0.25) is 0 Å². The van der Waals surface area contributed by atoms with E-state index < -0.39 is 73.9 Å². The Labute approximate surface area is 463 Å². The van der Waals surface area contributed by atoms with Crippen LogP contribution in [0.15, 0.2) is 146 Å². The summed E-state index contributed by atoms with van der Waals surface area (Å²) in [6.45, 7) is 5.59. The minimum atomic E-state index is -1.95. The molecule has 6 unspecified atom stereocenters. The third kappa shape index (κ3) is 41.4. The van der Waals surface area contributed by atoms with Crippen LogP contribution in [0.3, 0.4) is 0 Å². The lowest BCUT2D eigenvalue weighted by Crippen LogP contribution is -2.61. The summed E-state index contributed by atoms with van der Waals surface area (Å²) < 4.78 is 28.2. The highest BCUT2D eigenvalue weighted by atomic mass is 16.7. The van der Waals surface area contributed by atoms with Crippen LogP contribution in [0.5, 0.6) is 0 Å². The van der Waals surface area contributed by atoms with Gasteiger partial charge in [0, 0.05) is 12.8 Å². The van der Waals surface area contributed by atoms with E-state index in [9.17, 15) is 34.5 Å². The molecule has 6 atom stereocenters. The molecular weight excluding hydrogens is 973 g/mol. The molecule has 1 heterocycles. The van der Waals surface area contributed by atoms with Crippen LogP contribution >= 0.6 is 0 Å². The Kier molecular flexibility index (Phi) is 46.4. The molecule has 0 saturated carbocycles. The van der Waals surface area contributed by atoms with Crippen molar-refractivity contribution in [3.8, 4) is 0 Å². The lowest BCUT2D eigenvalue weighted by molar-refractivity contribution is -0.301. The summed E-state index contributed by atoms with van der Waals surface area (Å²) in [5, 5.41) is 31.4. The average molecular weight is 1070 g/mol. The molecule has 430 valence electrons. The van der Waals surface area contributed by atoms with Gasteiger partial charge in [0.25, 0.3) is 0 Å².